The first kappa shape index (κ1) is 23.8. The minimum atomic E-state index is -0.141. The predicted molar refractivity (Wildman–Crippen MR) is 127 cm³/mol. The van der Waals surface area contributed by atoms with Gasteiger partial charge in [0.2, 0.25) is 5.91 Å². The number of allylic oxidation sites excluding steroid dienone is 1. The Morgan fingerprint density at radius 2 is 1.97 bits per heavy atom. The fourth-order valence-electron chi connectivity index (χ4n) is 3.85. The topological polar surface area (TPSA) is 60.0 Å². The number of likely N-dealkylation sites (N-methyl/N-ethyl adjacent to an activating group) is 1. The van der Waals surface area contributed by atoms with Crippen molar-refractivity contribution < 1.29 is 19.0 Å². The van der Waals surface area contributed by atoms with E-state index in [-0.39, 0.29) is 5.91 Å². The lowest BCUT2D eigenvalue weighted by Gasteiger charge is -2.31. The number of rotatable bonds is 10. The van der Waals surface area contributed by atoms with Gasteiger partial charge in [0.05, 0.1) is 7.11 Å². The minimum absolute atomic E-state index is 0.141. The molecule has 0 aromatic heterocycles. The van der Waals surface area contributed by atoms with Gasteiger partial charge in [-0.3, -0.25) is 9.69 Å². The molecule has 1 N–H and O–H groups in total. The summed E-state index contributed by atoms with van der Waals surface area (Å²) in [7, 11) is 3.77. The van der Waals surface area contributed by atoms with Crippen LogP contribution in [-0.4, -0.2) is 57.4 Å². The fourth-order valence-corrected chi connectivity index (χ4v) is 3.85. The van der Waals surface area contributed by atoms with Gasteiger partial charge in [-0.15, -0.1) is 0 Å². The molecule has 1 fully saturated rings. The molecule has 0 aliphatic carbocycles. The standard InChI is InChI=1S/C26H34N2O4/c1-20(24-9-4-5-10-25(24)30-3)17-26(29)27-19-21-7-6-8-23(18-21)32-16-13-28(2)22-11-14-31-15-12-22/h4-10,17-18,22H,11-16,19H2,1-3H3,(H,27,29)/b20-17+. The van der Waals surface area contributed by atoms with Crippen molar-refractivity contribution in [1.82, 2.24) is 10.2 Å². The lowest BCUT2D eigenvalue weighted by Crippen LogP contribution is -2.38. The molecule has 0 unspecified atom stereocenters. The lowest BCUT2D eigenvalue weighted by molar-refractivity contribution is -0.116. The van der Waals surface area contributed by atoms with Crippen LogP contribution in [0.4, 0.5) is 0 Å². The number of amides is 1. The van der Waals surface area contributed by atoms with Gasteiger partial charge in [-0.2, -0.15) is 0 Å². The third-order valence-corrected chi connectivity index (χ3v) is 5.77. The summed E-state index contributed by atoms with van der Waals surface area (Å²) in [6.45, 7) is 5.54. The maximum Gasteiger partial charge on any atom is 0.244 e. The summed E-state index contributed by atoms with van der Waals surface area (Å²) >= 11 is 0. The molecular weight excluding hydrogens is 404 g/mol. The van der Waals surface area contributed by atoms with E-state index in [1.165, 1.54) is 0 Å². The van der Waals surface area contributed by atoms with Crippen LogP contribution in [0.15, 0.2) is 54.6 Å². The SMILES string of the molecule is COc1ccccc1/C(C)=C/C(=O)NCc1cccc(OCCN(C)C2CCOCC2)c1. The minimum Gasteiger partial charge on any atom is -0.496 e. The van der Waals surface area contributed by atoms with Crippen LogP contribution in [0, 0.1) is 0 Å². The molecule has 0 radical (unpaired) electrons. The van der Waals surface area contributed by atoms with Gasteiger partial charge in [0.15, 0.2) is 0 Å². The smallest absolute Gasteiger partial charge is 0.244 e. The Morgan fingerprint density at radius 1 is 1.19 bits per heavy atom. The van der Waals surface area contributed by atoms with Crippen LogP contribution in [0.5, 0.6) is 11.5 Å². The molecule has 32 heavy (non-hydrogen) atoms. The molecule has 1 aliphatic rings. The van der Waals surface area contributed by atoms with Crippen LogP contribution < -0.4 is 14.8 Å². The third kappa shape index (κ3) is 7.11. The quantitative estimate of drug-likeness (QED) is 0.570. The summed E-state index contributed by atoms with van der Waals surface area (Å²) < 4.78 is 16.8. The lowest BCUT2D eigenvalue weighted by atomic mass is 10.1. The molecular formula is C26H34N2O4. The molecule has 172 valence electrons. The zero-order valence-electron chi connectivity index (χ0n) is 19.3. The molecule has 3 rings (SSSR count). The van der Waals surface area contributed by atoms with Gasteiger partial charge in [-0.05, 0) is 56.1 Å². The number of hydrogen-bond donors (Lipinski definition) is 1. The maximum absolute atomic E-state index is 12.4. The van der Waals surface area contributed by atoms with E-state index in [1.807, 2.05) is 55.5 Å². The number of nitrogens with zero attached hydrogens (tertiary/aromatic N) is 1. The first-order chi connectivity index (χ1) is 15.6. The number of carbonyl (C=O) groups is 1. The molecule has 0 saturated carbocycles. The van der Waals surface area contributed by atoms with Crippen LogP contribution in [0.3, 0.4) is 0 Å². The van der Waals surface area contributed by atoms with E-state index in [0.29, 0.717) is 19.2 Å². The Hall–Kier alpha value is -2.83. The average Bonchev–Trinajstić information content (AvgIpc) is 2.83. The highest BCUT2D eigenvalue weighted by Crippen LogP contribution is 2.25. The number of methoxy groups -OCH3 is 1. The van der Waals surface area contributed by atoms with Crippen LogP contribution in [0.25, 0.3) is 5.57 Å². The van der Waals surface area contributed by atoms with E-state index < -0.39 is 0 Å². The first-order valence-electron chi connectivity index (χ1n) is 11.2. The Bertz CT molecular complexity index is 906. The second-order valence-corrected chi connectivity index (χ2v) is 8.07. The van der Waals surface area contributed by atoms with Crippen LogP contribution in [0.1, 0.15) is 30.9 Å². The zero-order valence-corrected chi connectivity index (χ0v) is 19.3. The van der Waals surface area contributed by atoms with Crippen LogP contribution >= 0.6 is 0 Å². The van der Waals surface area contributed by atoms with Gasteiger partial charge in [0, 0.05) is 44.0 Å². The van der Waals surface area contributed by atoms with Crippen LogP contribution in [0.2, 0.25) is 0 Å². The number of hydrogen-bond acceptors (Lipinski definition) is 5. The highest BCUT2D eigenvalue weighted by molar-refractivity contribution is 5.95. The van der Waals surface area contributed by atoms with E-state index in [4.69, 9.17) is 14.2 Å². The molecule has 0 bridgehead atoms. The van der Waals surface area contributed by atoms with Gasteiger partial charge < -0.3 is 19.5 Å². The summed E-state index contributed by atoms with van der Waals surface area (Å²) in [4.78, 5) is 14.8. The van der Waals surface area contributed by atoms with Crippen molar-refractivity contribution in [3.8, 4) is 11.5 Å². The molecule has 0 atom stereocenters. The third-order valence-electron chi connectivity index (χ3n) is 5.77. The normalized spacial score (nSPS) is 14.9. The van der Waals surface area contributed by atoms with Crippen molar-refractivity contribution in [2.75, 3.05) is 40.5 Å². The Labute approximate surface area is 191 Å². The highest BCUT2D eigenvalue weighted by Gasteiger charge is 2.18. The number of para-hydroxylation sites is 1. The number of benzene rings is 2. The van der Waals surface area contributed by atoms with Gasteiger partial charge in [0.1, 0.15) is 18.1 Å². The monoisotopic (exact) mass is 438 g/mol. The van der Waals surface area contributed by atoms with Crippen molar-refractivity contribution >= 4 is 11.5 Å². The van der Waals surface area contributed by atoms with Crippen molar-refractivity contribution in [2.45, 2.75) is 32.4 Å². The molecule has 2 aromatic carbocycles. The fraction of sp³-hybridized carbons (Fsp3) is 0.423. The van der Waals surface area contributed by atoms with E-state index in [0.717, 1.165) is 60.8 Å². The average molecular weight is 439 g/mol. The van der Waals surface area contributed by atoms with Crippen molar-refractivity contribution in [3.63, 3.8) is 0 Å². The summed E-state index contributed by atoms with van der Waals surface area (Å²) in [6.07, 6.45) is 3.76. The van der Waals surface area contributed by atoms with E-state index in [2.05, 4.69) is 17.3 Å². The van der Waals surface area contributed by atoms with E-state index in [1.54, 1.807) is 13.2 Å². The molecule has 1 aliphatic heterocycles. The first-order valence-corrected chi connectivity index (χ1v) is 11.2. The van der Waals surface area contributed by atoms with Crippen molar-refractivity contribution in [3.05, 3.63) is 65.7 Å². The maximum atomic E-state index is 12.4. The highest BCUT2D eigenvalue weighted by atomic mass is 16.5. The van der Waals surface area contributed by atoms with Gasteiger partial charge >= 0.3 is 0 Å². The second-order valence-electron chi connectivity index (χ2n) is 8.07. The van der Waals surface area contributed by atoms with Gasteiger partial charge in [-0.1, -0.05) is 30.3 Å². The largest absolute Gasteiger partial charge is 0.496 e. The predicted octanol–water partition coefficient (Wildman–Crippen LogP) is 3.90. The van der Waals surface area contributed by atoms with Crippen molar-refractivity contribution in [2.24, 2.45) is 0 Å². The van der Waals surface area contributed by atoms with E-state index >= 15 is 0 Å². The number of ether oxygens (including phenoxy) is 3. The second kappa shape index (κ2) is 12.3. The molecule has 6 nitrogen and oxygen atoms in total. The zero-order chi connectivity index (χ0) is 22.8. The Kier molecular flexibility index (Phi) is 9.13. The molecule has 1 heterocycles. The van der Waals surface area contributed by atoms with E-state index in [9.17, 15) is 4.79 Å². The van der Waals surface area contributed by atoms with Gasteiger partial charge in [0.25, 0.3) is 0 Å². The molecule has 6 heteroatoms. The molecule has 2 aromatic rings. The van der Waals surface area contributed by atoms with Crippen molar-refractivity contribution in [1.29, 1.82) is 0 Å². The molecule has 1 saturated heterocycles. The summed E-state index contributed by atoms with van der Waals surface area (Å²) in [5, 5.41) is 2.95. The summed E-state index contributed by atoms with van der Waals surface area (Å²) in [6, 6.07) is 16.1. The number of nitrogens with one attached hydrogen (secondary N) is 1. The molecule has 0 spiro atoms. The Morgan fingerprint density at radius 3 is 2.75 bits per heavy atom. The van der Waals surface area contributed by atoms with Gasteiger partial charge in [-0.25, -0.2) is 0 Å². The van der Waals surface area contributed by atoms with Crippen LogP contribution in [-0.2, 0) is 16.1 Å². The molecule has 1 amide bonds. The number of carbonyl (C=O) groups excluding carboxylic acids is 1. The Balaban J connectivity index is 1.47. The summed E-state index contributed by atoms with van der Waals surface area (Å²) in [5.74, 6) is 1.43. The summed E-state index contributed by atoms with van der Waals surface area (Å²) in [5.41, 5.74) is 2.76.